The number of hydrogen-bond acceptors (Lipinski definition) is 4. The number of hydrogen-bond donors (Lipinski definition) is 0. The van der Waals surface area contributed by atoms with E-state index in [1.807, 2.05) is 82.4 Å². The van der Waals surface area contributed by atoms with Crippen LogP contribution in [0.1, 0.15) is 34.6 Å². The molecule has 4 aromatic heterocycles. The summed E-state index contributed by atoms with van der Waals surface area (Å²) in [6, 6.07) is 32.2. The van der Waals surface area contributed by atoms with Crippen molar-refractivity contribution in [2.75, 3.05) is 0 Å². The van der Waals surface area contributed by atoms with Gasteiger partial charge >= 0.3 is 0 Å². The third-order valence-corrected chi connectivity index (χ3v) is 7.32. The van der Waals surface area contributed by atoms with Gasteiger partial charge in [0.15, 0.2) is 0 Å². The fourth-order valence-electron chi connectivity index (χ4n) is 4.64. The van der Waals surface area contributed by atoms with Crippen molar-refractivity contribution in [2.24, 2.45) is 5.41 Å². The van der Waals surface area contributed by atoms with E-state index in [0.717, 1.165) is 38.8 Å². The molecule has 0 saturated heterocycles. The Hall–Kier alpha value is -3.63. The van der Waals surface area contributed by atoms with Crippen LogP contribution in [0.4, 0.5) is 0 Å². The second-order valence-corrected chi connectivity index (χ2v) is 11.8. The van der Waals surface area contributed by atoms with Crippen molar-refractivity contribution < 1.29 is 27.3 Å². The molecule has 0 saturated carbocycles. The van der Waals surface area contributed by atoms with Crippen molar-refractivity contribution in [3.05, 3.63) is 120 Å². The van der Waals surface area contributed by atoms with Crippen molar-refractivity contribution in [1.82, 2.24) is 9.97 Å². The van der Waals surface area contributed by atoms with Gasteiger partial charge < -0.3 is 14.4 Å². The normalized spacial score (nSPS) is 12.4. The minimum absolute atomic E-state index is 0. The number of nitrogens with zero attached hydrogens (tertiary/aromatic N) is 2. The molecule has 0 bridgehead atoms. The van der Waals surface area contributed by atoms with E-state index in [-0.39, 0.29) is 20.1 Å². The summed E-state index contributed by atoms with van der Waals surface area (Å²) in [7, 11) is 0. The van der Waals surface area contributed by atoms with Gasteiger partial charge in [-0.1, -0.05) is 55.5 Å². The second kappa shape index (κ2) is 12.1. The molecule has 7 rings (SSSR count). The maximum Gasteiger partial charge on any atom is 0.121 e. The molecule has 207 valence electrons. The van der Waals surface area contributed by atoms with Crippen LogP contribution in [-0.2, 0) is 26.5 Å². The van der Waals surface area contributed by atoms with Crippen molar-refractivity contribution in [3.8, 4) is 22.5 Å². The summed E-state index contributed by atoms with van der Waals surface area (Å²) in [4.78, 5) is 8.83. The van der Waals surface area contributed by atoms with Crippen molar-refractivity contribution in [1.29, 1.82) is 0 Å². The predicted molar refractivity (Wildman–Crippen MR) is 168 cm³/mol. The quantitative estimate of drug-likeness (QED) is 0.170. The fraction of sp³-hybridized carbons (Fsp3) is 0.167. The zero-order valence-electron chi connectivity index (χ0n) is 25.3. The Kier molecular flexibility index (Phi) is 7.74. The van der Waals surface area contributed by atoms with Crippen LogP contribution in [0, 0.1) is 24.5 Å². The van der Waals surface area contributed by atoms with Gasteiger partial charge in [-0.05, 0) is 70.7 Å². The number of rotatable bonds is 3. The van der Waals surface area contributed by atoms with E-state index in [9.17, 15) is 0 Å². The molecule has 3 nitrogen and oxygen atoms in total. The summed E-state index contributed by atoms with van der Waals surface area (Å²) in [5.74, 6) is 0. The second-order valence-electron chi connectivity index (χ2n) is 10.8. The summed E-state index contributed by atoms with van der Waals surface area (Å²) in [6.07, 6.45) is 2.05. The molecule has 0 unspecified atom stereocenters. The van der Waals surface area contributed by atoms with Gasteiger partial charge in [0.2, 0.25) is 0 Å². The number of furan rings is 1. The van der Waals surface area contributed by atoms with Gasteiger partial charge in [0.25, 0.3) is 0 Å². The predicted octanol–water partition coefficient (Wildman–Crippen LogP) is 10.1. The topological polar surface area (TPSA) is 38.9 Å². The zero-order chi connectivity index (χ0) is 29.5. The van der Waals surface area contributed by atoms with Crippen LogP contribution in [-0.4, -0.2) is 9.97 Å². The van der Waals surface area contributed by atoms with E-state index in [1.165, 1.54) is 15.6 Å². The molecule has 0 N–H and O–H groups in total. The van der Waals surface area contributed by atoms with Crippen molar-refractivity contribution in [2.45, 2.75) is 34.1 Å². The third kappa shape index (κ3) is 6.49. The van der Waals surface area contributed by atoms with Crippen molar-refractivity contribution in [3.63, 3.8) is 0 Å². The molecular formula is C36H30IrN2OS-2. The smallest absolute Gasteiger partial charge is 0.121 e. The number of pyridine rings is 2. The summed E-state index contributed by atoms with van der Waals surface area (Å²) >= 11 is 1.72. The van der Waals surface area contributed by atoms with Gasteiger partial charge in [-0.15, -0.1) is 65.4 Å². The molecule has 0 aliphatic heterocycles. The average molecular weight is 733 g/mol. The minimum Gasteiger partial charge on any atom is -0.501 e. The summed E-state index contributed by atoms with van der Waals surface area (Å²) < 4.78 is 24.7. The van der Waals surface area contributed by atoms with E-state index in [2.05, 4.69) is 51.7 Å². The van der Waals surface area contributed by atoms with E-state index < -0.39 is 11.8 Å². The van der Waals surface area contributed by atoms with Gasteiger partial charge in [0.1, 0.15) is 5.58 Å². The Bertz CT molecular complexity index is 2010. The maximum absolute atomic E-state index is 8.60. The molecule has 0 fully saturated rings. The van der Waals surface area contributed by atoms with E-state index in [4.69, 9.17) is 7.16 Å². The number of aryl methyl sites for hydroxylation is 1. The minimum atomic E-state index is -1.49. The van der Waals surface area contributed by atoms with E-state index in [1.54, 1.807) is 23.6 Å². The van der Waals surface area contributed by atoms with Crippen LogP contribution in [0.5, 0.6) is 0 Å². The number of thiophene rings is 1. The van der Waals surface area contributed by atoms with Gasteiger partial charge in [-0.2, -0.15) is 0 Å². The molecule has 0 aliphatic carbocycles. The Morgan fingerprint density at radius 1 is 0.902 bits per heavy atom. The van der Waals surface area contributed by atoms with Crippen LogP contribution < -0.4 is 0 Å². The number of benzene rings is 3. The average Bonchev–Trinajstić information content (AvgIpc) is 3.60. The molecule has 41 heavy (non-hydrogen) atoms. The fourth-order valence-corrected chi connectivity index (χ4v) is 5.45. The van der Waals surface area contributed by atoms with Gasteiger partial charge in [0, 0.05) is 45.3 Å². The monoisotopic (exact) mass is 733 g/mol. The standard InChI is InChI=1S/C24H20NOS.C12H10N.Ir/c1-24(2,3)14-15-7-9-25-20(11-15)18-6-4-5-17-19-13-22-16(8-10-27-22)12-21(19)26-23(17)18;1-10-7-8-12(13-9-10)11-5-3-2-4-6-11;/h4-5,7-13H,14H2,1-3H3;2-5,7-9H,1H3;/q2*-1;/i14D2;;. The first-order valence-electron chi connectivity index (χ1n) is 14.2. The van der Waals surface area contributed by atoms with Crippen LogP contribution in [0.2, 0.25) is 0 Å². The molecule has 7 aromatic rings. The summed E-state index contributed by atoms with van der Waals surface area (Å²) in [5.41, 5.74) is 6.28. The molecular weight excluding hydrogens is 701 g/mol. The maximum atomic E-state index is 8.60. The third-order valence-electron chi connectivity index (χ3n) is 6.44. The Morgan fingerprint density at radius 3 is 2.54 bits per heavy atom. The molecule has 0 spiro atoms. The first-order valence-corrected chi connectivity index (χ1v) is 14.1. The number of aromatic nitrogens is 2. The van der Waals surface area contributed by atoms with Gasteiger partial charge in [-0.3, -0.25) is 0 Å². The molecule has 3 aromatic carbocycles. The van der Waals surface area contributed by atoms with Gasteiger partial charge in [0.05, 0.1) is 5.58 Å². The molecule has 4 heterocycles. The Labute approximate surface area is 261 Å². The molecule has 5 heteroatoms. The summed E-state index contributed by atoms with van der Waals surface area (Å²) in [5, 5.41) is 5.36. The first-order chi connectivity index (χ1) is 20.1. The van der Waals surface area contributed by atoms with Crippen molar-refractivity contribution >= 4 is 43.4 Å². The molecule has 0 aliphatic rings. The first kappa shape index (κ1) is 26.3. The van der Waals surface area contributed by atoms with E-state index in [0.29, 0.717) is 11.3 Å². The largest absolute Gasteiger partial charge is 0.501 e. The van der Waals surface area contributed by atoms with Crippen LogP contribution in [0.25, 0.3) is 54.5 Å². The molecule has 1 radical (unpaired) electrons. The Morgan fingerprint density at radius 2 is 1.78 bits per heavy atom. The van der Waals surface area contributed by atoms with Crippen LogP contribution >= 0.6 is 11.3 Å². The summed E-state index contributed by atoms with van der Waals surface area (Å²) in [6.45, 7) is 7.76. The Balaban J connectivity index is 0.000000221. The van der Waals surface area contributed by atoms with Crippen LogP contribution in [0.3, 0.4) is 0 Å². The SMILES string of the molecule is Cc1ccc(-c2[c-]cccc2)nc1.[2H]C([2H])(c1ccnc(-c2[c-]ccc3c2oc2cc4ccsc4cc23)c1)C(C)(C)C.[Ir]. The number of fused-ring (bicyclic) bond motifs is 4. The van der Waals surface area contributed by atoms with Crippen LogP contribution in [0.15, 0.2) is 101 Å². The molecule has 0 atom stereocenters. The molecule has 0 amide bonds. The van der Waals surface area contributed by atoms with Gasteiger partial charge in [-0.25, -0.2) is 0 Å². The van der Waals surface area contributed by atoms with E-state index >= 15 is 0 Å². The zero-order valence-corrected chi connectivity index (χ0v) is 26.5.